The van der Waals surface area contributed by atoms with Crippen LogP contribution in [0.1, 0.15) is 38.4 Å². The number of aromatic nitrogens is 3. The number of nitrogens with zero attached hydrogens (tertiary/aromatic N) is 5. The van der Waals surface area contributed by atoms with E-state index in [1.54, 1.807) is 22.6 Å². The molecule has 1 aliphatic heterocycles. The molecule has 3 aromatic rings. The first-order valence-corrected chi connectivity index (χ1v) is 13.2. The van der Waals surface area contributed by atoms with Gasteiger partial charge in [-0.05, 0) is 49.6 Å². The molecule has 1 aromatic carbocycles. The molecule has 0 aliphatic carbocycles. The third-order valence-electron chi connectivity index (χ3n) is 6.01. The molecular formula is C24H32N6O3S. The minimum atomic E-state index is -3.50. The highest BCUT2D eigenvalue weighted by atomic mass is 32.2. The maximum absolute atomic E-state index is 13.0. The van der Waals surface area contributed by atoms with Crippen molar-refractivity contribution in [3.05, 3.63) is 42.4 Å². The topological polar surface area (TPSA) is 100 Å². The lowest BCUT2D eigenvalue weighted by Crippen LogP contribution is -2.27. The quantitative estimate of drug-likeness (QED) is 0.500. The van der Waals surface area contributed by atoms with Crippen LogP contribution in [0.15, 0.2) is 41.4 Å². The summed E-state index contributed by atoms with van der Waals surface area (Å²) in [4.78, 5) is 23.8. The van der Waals surface area contributed by atoms with Crippen molar-refractivity contribution in [3.63, 3.8) is 0 Å². The number of aryl methyl sites for hydroxylation is 2. The van der Waals surface area contributed by atoms with E-state index in [-0.39, 0.29) is 17.2 Å². The SMILES string of the molecule is CCCn1c(CCC(=O)Nc2ccc(N(C)C)nc2)nc2cc(S(=O)(=O)N3CCCC3)ccc21. The minimum absolute atomic E-state index is 0.119. The predicted molar refractivity (Wildman–Crippen MR) is 134 cm³/mol. The van der Waals surface area contributed by atoms with E-state index in [9.17, 15) is 13.2 Å². The summed E-state index contributed by atoms with van der Waals surface area (Å²) in [5.41, 5.74) is 2.18. The molecular weight excluding hydrogens is 452 g/mol. The molecule has 1 amide bonds. The summed E-state index contributed by atoms with van der Waals surface area (Å²) in [6, 6.07) is 8.85. The number of nitrogens with one attached hydrogen (secondary N) is 1. The molecule has 34 heavy (non-hydrogen) atoms. The second kappa shape index (κ2) is 10.1. The Bertz CT molecular complexity index is 1260. The Kier molecular flexibility index (Phi) is 7.18. The van der Waals surface area contributed by atoms with Crippen molar-refractivity contribution in [2.75, 3.05) is 37.4 Å². The number of carbonyl (C=O) groups is 1. The van der Waals surface area contributed by atoms with Crippen molar-refractivity contribution < 1.29 is 13.2 Å². The molecule has 2 aromatic heterocycles. The van der Waals surface area contributed by atoms with Crippen LogP contribution < -0.4 is 10.2 Å². The predicted octanol–water partition coefficient (Wildman–Crippen LogP) is 3.26. The van der Waals surface area contributed by atoms with Crippen LogP contribution in [-0.2, 0) is 27.8 Å². The number of sulfonamides is 1. The molecule has 0 saturated carbocycles. The summed E-state index contributed by atoms with van der Waals surface area (Å²) in [5.74, 6) is 1.48. The van der Waals surface area contributed by atoms with Crippen molar-refractivity contribution in [3.8, 4) is 0 Å². The van der Waals surface area contributed by atoms with E-state index < -0.39 is 10.0 Å². The van der Waals surface area contributed by atoms with E-state index in [2.05, 4.69) is 21.8 Å². The zero-order valence-corrected chi connectivity index (χ0v) is 20.8. The normalized spacial score (nSPS) is 14.6. The summed E-state index contributed by atoms with van der Waals surface area (Å²) in [5, 5.41) is 2.88. The molecule has 9 nitrogen and oxygen atoms in total. The van der Waals surface area contributed by atoms with Gasteiger partial charge in [-0.3, -0.25) is 4.79 Å². The van der Waals surface area contributed by atoms with Crippen LogP contribution in [-0.4, -0.2) is 60.4 Å². The highest BCUT2D eigenvalue weighted by Gasteiger charge is 2.27. The van der Waals surface area contributed by atoms with Crippen LogP contribution in [0.4, 0.5) is 11.5 Å². The van der Waals surface area contributed by atoms with Crippen LogP contribution in [0, 0.1) is 0 Å². The van der Waals surface area contributed by atoms with Gasteiger partial charge in [0, 0.05) is 46.6 Å². The van der Waals surface area contributed by atoms with Gasteiger partial charge < -0.3 is 14.8 Å². The third-order valence-corrected chi connectivity index (χ3v) is 7.91. The lowest BCUT2D eigenvalue weighted by Gasteiger charge is -2.15. The number of hydrogen-bond donors (Lipinski definition) is 1. The highest BCUT2D eigenvalue weighted by Crippen LogP contribution is 2.26. The summed E-state index contributed by atoms with van der Waals surface area (Å²) in [6.07, 6.45) is 5.06. The van der Waals surface area contributed by atoms with Gasteiger partial charge in [0.05, 0.1) is 27.8 Å². The van der Waals surface area contributed by atoms with Crippen molar-refractivity contribution >= 4 is 38.5 Å². The number of hydrogen-bond acceptors (Lipinski definition) is 6. The standard InChI is InChI=1S/C24H32N6O3S/c1-4-13-30-21-9-8-19(34(32,33)29-14-5-6-15-29)16-20(21)27-23(30)11-12-24(31)26-18-7-10-22(25-17-18)28(2)3/h7-10,16-17H,4-6,11-15H2,1-3H3,(H,26,31). The van der Waals surface area contributed by atoms with Gasteiger partial charge in [0.15, 0.2) is 0 Å². The van der Waals surface area contributed by atoms with Gasteiger partial charge >= 0.3 is 0 Å². The minimum Gasteiger partial charge on any atom is -0.363 e. The molecule has 1 N–H and O–H groups in total. The molecule has 0 atom stereocenters. The Labute approximate surface area is 200 Å². The number of anilines is 2. The molecule has 0 spiro atoms. The molecule has 1 fully saturated rings. The molecule has 1 aliphatic rings. The lowest BCUT2D eigenvalue weighted by molar-refractivity contribution is -0.116. The maximum atomic E-state index is 13.0. The van der Waals surface area contributed by atoms with Crippen LogP contribution >= 0.6 is 0 Å². The molecule has 182 valence electrons. The number of amides is 1. The van der Waals surface area contributed by atoms with Gasteiger partial charge in [0.1, 0.15) is 11.6 Å². The van der Waals surface area contributed by atoms with E-state index >= 15 is 0 Å². The summed E-state index contributed by atoms with van der Waals surface area (Å²) in [7, 11) is 0.317. The van der Waals surface area contributed by atoms with Gasteiger partial charge in [-0.25, -0.2) is 18.4 Å². The monoisotopic (exact) mass is 484 g/mol. The zero-order chi connectivity index (χ0) is 24.3. The number of benzene rings is 1. The number of pyridine rings is 1. The second-order valence-electron chi connectivity index (χ2n) is 8.79. The number of imidazole rings is 1. The first kappa shape index (κ1) is 24.2. The highest BCUT2D eigenvalue weighted by molar-refractivity contribution is 7.89. The summed E-state index contributed by atoms with van der Waals surface area (Å²) < 4.78 is 29.6. The number of carbonyl (C=O) groups excluding carboxylic acids is 1. The Balaban J connectivity index is 1.50. The molecule has 4 rings (SSSR count). The van der Waals surface area contributed by atoms with Gasteiger partial charge in [-0.1, -0.05) is 6.92 Å². The van der Waals surface area contributed by atoms with Gasteiger partial charge in [-0.2, -0.15) is 4.31 Å². The Morgan fingerprint density at radius 1 is 1.15 bits per heavy atom. The maximum Gasteiger partial charge on any atom is 0.243 e. The average molecular weight is 485 g/mol. The fourth-order valence-corrected chi connectivity index (χ4v) is 5.77. The Morgan fingerprint density at radius 2 is 1.91 bits per heavy atom. The van der Waals surface area contributed by atoms with Crippen molar-refractivity contribution in [1.82, 2.24) is 18.8 Å². The van der Waals surface area contributed by atoms with E-state index in [0.29, 0.717) is 30.7 Å². The van der Waals surface area contributed by atoms with Crippen LogP contribution in [0.2, 0.25) is 0 Å². The average Bonchev–Trinajstić information content (AvgIpc) is 3.47. The molecule has 1 saturated heterocycles. The van der Waals surface area contributed by atoms with E-state index in [1.165, 1.54) is 0 Å². The van der Waals surface area contributed by atoms with E-state index in [0.717, 1.165) is 43.0 Å². The Morgan fingerprint density at radius 3 is 2.56 bits per heavy atom. The molecule has 10 heteroatoms. The van der Waals surface area contributed by atoms with Gasteiger partial charge in [-0.15, -0.1) is 0 Å². The van der Waals surface area contributed by atoms with Crippen LogP contribution in [0.25, 0.3) is 11.0 Å². The molecule has 0 radical (unpaired) electrons. The Hall–Kier alpha value is -2.98. The van der Waals surface area contributed by atoms with Crippen molar-refractivity contribution in [2.45, 2.75) is 50.5 Å². The van der Waals surface area contributed by atoms with E-state index in [1.807, 2.05) is 37.2 Å². The van der Waals surface area contributed by atoms with Gasteiger partial charge in [0.2, 0.25) is 15.9 Å². The number of fused-ring (bicyclic) bond motifs is 1. The van der Waals surface area contributed by atoms with Gasteiger partial charge in [0.25, 0.3) is 0 Å². The molecule has 0 bridgehead atoms. The van der Waals surface area contributed by atoms with Crippen molar-refractivity contribution in [1.29, 1.82) is 0 Å². The fraction of sp³-hybridized carbons (Fsp3) is 0.458. The van der Waals surface area contributed by atoms with Crippen LogP contribution in [0.3, 0.4) is 0 Å². The van der Waals surface area contributed by atoms with E-state index in [4.69, 9.17) is 4.98 Å². The second-order valence-corrected chi connectivity index (χ2v) is 10.7. The smallest absolute Gasteiger partial charge is 0.243 e. The lowest BCUT2D eigenvalue weighted by atomic mass is 10.2. The first-order chi connectivity index (χ1) is 16.3. The van der Waals surface area contributed by atoms with Crippen molar-refractivity contribution in [2.24, 2.45) is 0 Å². The number of rotatable bonds is 9. The molecule has 3 heterocycles. The summed E-state index contributed by atoms with van der Waals surface area (Å²) in [6.45, 7) is 3.97. The third kappa shape index (κ3) is 5.07. The fourth-order valence-electron chi connectivity index (χ4n) is 4.23. The largest absolute Gasteiger partial charge is 0.363 e. The van der Waals surface area contributed by atoms with Crippen LogP contribution in [0.5, 0.6) is 0 Å². The molecule has 0 unspecified atom stereocenters. The first-order valence-electron chi connectivity index (χ1n) is 11.7. The zero-order valence-electron chi connectivity index (χ0n) is 20.0. The summed E-state index contributed by atoms with van der Waals surface area (Å²) >= 11 is 0.